The molecule has 122 valence electrons. The first-order valence-electron chi connectivity index (χ1n) is 7.64. The molecule has 0 bridgehead atoms. The third-order valence-corrected chi connectivity index (χ3v) is 4.60. The second-order valence-corrected chi connectivity index (χ2v) is 6.06. The molecule has 21 heavy (non-hydrogen) atoms. The van der Waals surface area contributed by atoms with Crippen molar-refractivity contribution in [3.8, 4) is 0 Å². The monoisotopic (exact) mass is 308 g/mol. The maximum atomic E-state index is 12.7. The number of hydrogen-bond donors (Lipinski definition) is 1. The van der Waals surface area contributed by atoms with E-state index in [9.17, 15) is 18.0 Å². The quantitative estimate of drug-likeness (QED) is 0.865. The van der Waals surface area contributed by atoms with Gasteiger partial charge in [-0.3, -0.25) is 4.79 Å². The number of carbonyl (C=O) groups is 1. The predicted molar refractivity (Wildman–Crippen MR) is 72.1 cm³/mol. The molecule has 0 spiro atoms. The maximum absolute atomic E-state index is 12.7. The summed E-state index contributed by atoms with van der Waals surface area (Å²) >= 11 is 0. The lowest BCUT2D eigenvalue weighted by Gasteiger charge is -2.40. The van der Waals surface area contributed by atoms with Crippen LogP contribution in [0.4, 0.5) is 13.2 Å². The summed E-state index contributed by atoms with van der Waals surface area (Å²) in [6.07, 6.45) is 0.677. The largest absolute Gasteiger partial charge is 0.481 e. The predicted octanol–water partition coefficient (Wildman–Crippen LogP) is 2.20. The molecule has 0 amide bonds. The van der Waals surface area contributed by atoms with Gasteiger partial charge >= 0.3 is 12.1 Å². The van der Waals surface area contributed by atoms with E-state index >= 15 is 0 Å². The third-order valence-electron chi connectivity index (χ3n) is 4.60. The summed E-state index contributed by atoms with van der Waals surface area (Å²) < 4.78 is 38.0. The van der Waals surface area contributed by atoms with Crippen molar-refractivity contribution >= 4 is 5.97 Å². The summed E-state index contributed by atoms with van der Waals surface area (Å²) in [6.45, 7) is 2.86. The van der Waals surface area contributed by atoms with Crippen molar-refractivity contribution in [1.82, 2.24) is 9.80 Å². The zero-order valence-corrected chi connectivity index (χ0v) is 12.1. The molecular weight excluding hydrogens is 285 g/mol. The fraction of sp³-hybridized carbons (Fsp3) is 0.929. The molecule has 2 aliphatic rings. The summed E-state index contributed by atoms with van der Waals surface area (Å²) in [5.74, 6) is -4.05. The minimum absolute atomic E-state index is 0.425. The Hall–Kier alpha value is -0.820. The van der Waals surface area contributed by atoms with Crippen LogP contribution in [0.1, 0.15) is 32.1 Å². The minimum Gasteiger partial charge on any atom is -0.481 e. The number of carboxylic acids is 1. The zero-order valence-electron chi connectivity index (χ0n) is 12.1. The van der Waals surface area contributed by atoms with Crippen molar-refractivity contribution in [2.24, 2.45) is 5.92 Å². The Bertz CT molecular complexity index is 349. The van der Waals surface area contributed by atoms with Crippen LogP contribution in [0.25, 0.3) is 0 Å². The van der Waals surface area contributed by atoms with Crippen molar-refractivity contribution < 1.29 is 23.1 Å². The molecule has 2 fully saturated rings. The van der Waals surface area contributed by atoms with Crippen LogP contribution in [0.15, 0.2) is 0 Å². The molecule has 0 aromatic rings. The Kier molecular flexibility index (Phi) is 5.48. The van der Waals surface area contributed by atoms with Gasteiger partial charge < -0.3 is 14.9 Å². The third kappa shape index (κ3) is 4.57. The summed E-state index contributed by atoms with van der Waals surface area (Å²) in [6, 6.07) is 0.454. The number of carboxylic acid groups (broad SMARTS) is 1. The molecule has 2 rings (SSSR count). The van der Waals surface area contributed by atoms with Gasteiger partial charge in [0.1, 0.15) is 0 Å². The normalized spacial score (nSPS) is 24.9. The summed E-state index contributed by atoms with van der Waals surface area (Å²) in [4.78, 5) is 14.9. The topological polar surface area (TPSA) is 43.8 Å². The van der Waals surface area contributed by atoms with E-state index in [-0.39, 0.29) is 0 Å². The Morgan fingerprint density at radius 3 is 2.14 bits per heavy atom. The van der Waals surface area contributed by atoms with Crippen LogP contribution in [0.3, 0.4) is 0 Å². The molecule has 2 saturated heterocycles. The molecule has 1 unspecified atom stereocenters. The number of aliphatic carboxylic acids is 1. The van der Waals surface area contributed by atoms with Gasteiger partial charge in [-0.2, -0.15) is 13.2 Å². The summed E-state index contributed by atoms with van der Waals surface area (Å²) in [5.41, 5.74) is 0. The van der Waals surface area contributed by atoms with E-state index in [1.807, 2.05) is 0 Å². The maximum Gasteiger partial charge on any atom is 0.403 e. The highest BCUT2D eigenvalue weighted by Gasteiger charge is 2.46. The van der Waals surface area contributed by atoms with Crippen molar-refractivity contribution in [1.29, 1.82) is 0 Å². The number of rotatable bonds is 4. The second kappa shape index (κ2) is 6.96. The smallest absolute Gasteiger partial charge is 0.403 e. The van der Waals surface area contributed by atoms with E-state index < -0.39 is 24.6 Å². The molecule has 2 aliphatic heterocycles. The van der Waals surface area contributed by atoms with E-state index in [1.165, 1.54) is 19.3 Å². The van der Waals surface area contributed by atoms with Gasteiger partial charge in [0.05, 0.1) is 0 Å². The van der Waals surface area contributed by atoms with Gasteiger partial charge in [0, 0.05) is 12.6 Å². The van der Waals surface area contributed by atoms with Gasteiger partial charge in [0.25, 0.3) is 0 Å². The number of hydrogen-bond acceptors (Lipinski definition) is 3. The van der Waals surface area contributed by atoms with Crippen LogP contribution < -0.4 is 0 Å². The Morgan fingerprint density at radius 1 is 1.10 bits per heavy atom. The Labute approximate surface area is 122 Å². The van der Waals surface area contributed by atoms with Crippen molar-refractivity contribution in [3.63, 3.8) is 0 Å². The molecule has 0 aliphatic carbocycles. The van der Waals surface area contributed by atoms with Crippen LogP contribution in [-0.4, -0.2) is 65.8 Å². The summed E-state index contributed by atoms with van der Waals surface area (Å²) in [5, 5.41) is 8.74. The molecule has 1 N–H and O–H groups in total. The molecule has 0 aromatic carbocycles. The standard InChI is InChI=1S/C14H23F3N2O2/c15-14(16,17)12(13(20)21)10-18-8-4-11(5-9-18)19-6-2-1-3-7-19/h11-12H,1-10H2,(H,20,21). The van der Waals surface area contributed by atoms with Crippen molar-refractivity contribution in [3.05, 3.63) is 0 Å². The SMILES string of the molecule is O=C(O)C(CN1CCC(N2CCCCC2)CC1)C(F)(F)F. The zero-order chi connectivity index (χ0) is 15.5. The molecular formula is C14H23F3N2O2. The number of nitrogens with zero attached hydrogens (tertiary/aromatic N) is 2. The van der Waals surface area contributed by atoms with Crippen LogP contribution in [0, 0.1) is 5.92 Å². The van der Waals surface area contributed by atoms with Crippen LogP contribution in [0.5, 0.6) is 0 Å². The fourth-order valence-corrected chi connectivity index (χ4v) is 3.33. The fourth-order valence-electron chi connectivity index (χ4n) is 3.33. The first-order valence-corrected chi connectivity index (χ1v) is 7.64. The van der Waals surface area contributed by atoms with Gasteiger partial charge in [0.15, 0.2) is 5.92 Å². The molecule has 4 nitrogen and oxygen atoms in total. The van der Waals surface area contributed by atoms with Gasteiger partial charge in [0.2, 0.25) is 0 Å². The van der Waals surface area contributed by atoms with E-state index in [4.69, 9.17) is 5.11 Å². The van der Waals surface area contributed by atoms with E-state index in [2.05, 4.69) is 4.90 Å². The molecule has 2 heterocycles. The van der Waals surface area contributed by atoms with Gasteiger partial charge in [-0.1, -0.05) is 6.42 Å². The van der Waals surface area contributed by atoms with Gasteiger partial charge in [-0.05, 0) is 51.9 Å². The average Bonchev–Trinajstić information content (AvgIpc) is 2.45. The molecule has 7 heteroatoms. The highest BCUT2D eigenvalue weighted by Crippen LogP contribution is 2.29. The van der Waals surface area contributed by atoms with Crippen LogP contribution in [-0.2, 0) is 4.79 Å². The minimum atomic E-state index is -4.67. The summed E-state index contributed by atoms with van der Waals surface area (Å²) in [7, 11) is 0. The van der Waals surface area contributed by atoms with Crippen molar-refractivity contribution in [2.45, 2.75) is 44.3 Å². The molecule has 0 saturated carbocycles. The molecule has 1 atom stereocenters. The number of piperidine rings is 2. The number of halogens is 3. The lowest BCUT2D eigenvalue weighted by Crippen LogP contribution is -2.49. The Balaban J connectivity index is 1.81. The Morgan fingerprint density at radius 2 is 1.67 bits per heavy atom. The lowest BCUT2D eigenvalue weighted by atomic mass is 9.98. The van der Waals surface area contributed by atoms with E-state index in [0.717, 1.165) is 25.9 Å². The highest BCUT2D eigenvalue weighted by atomic mass is 19.4. The number of likely N-dealkylation sites (tertiary alicyclic amines) is 2. The van der Waals surface area contributed by atoms with Crippen molar-refractivity contribution in [2.75, 3.05) is 32.7 Å². The van der Waals surface area contributed by atoms with Crippen LogP contribution >= 0.6 is 0 Å². The highest BCUT2D eigenvalue weighted by molar-refractivity contribution is 5.71. The van der Waals surface area contributed by atoms with Crippen LogP contribution in [0.2, 0.25) is 0 Å². The lowest BCUT2D eigenvalue weighted by molar-refractivity contribution is -0.197. The second-order valence-electron chi connectivity index (χ2n) is 6.06. The van der Waals surface area contributed by atoms with E-state index in [0.29, 0.717) is 19.1 Å². The first kappa shape index (κ1) is 16.5. The van der Waals surface area contributed by atoms with E-state index in [1.54, 1.807) is 4.90 Å². The first-order chi connectivity index (χ1) is 9.88. The average molecular weight is 308 g/mol. The molecule has 0 aromatic heterocycles. The van der Waals surface area contributed by atoms with Gasteiger partial charge in [-0.15, -0.1) is 0 Å². The molecule has 0 radical (unpaired) electrons. The van der Waals surface area contributed by atoms with Gasteiger partial charge in [-0.25, -0.2) is 0 Å². The number of alkyl halides is 3.